The number of ether oxygens (including phenoxy) is 1. The van der Waals surface area contributed by atoms with E-state index in [1.165, 1.54) is 0 Å². The quantitative estimate of drug-likeness (QED) is 0.633. The van der Waals surface area contributed by atoms with Gasteiger partial charge in [0.2, 0.25) is 5.76 Å². The van der Waals surface area contributed by atoms with Crippen LogP contribution in [0.3, 0.4) is 0 Å². The number of halogens is 3. The molecule has 1 amide bonds. The molecule has 27 heavy (non-hydrogen) atoms. The number of thioether (sulfide) groups is 1. The first-order valence-corrected chi connectivity index (χ1v) is 9.85. The van der Waals surface area contributed by atoms with Crippen molar-refractivity contribution in [1.82, 2.24) is 0 Å². The number of rotatable bonds is 7. The first-order chi connectivity index (χ1) is 12.7. The summed E-state index contributed by atoms with van der Waals surface area (Å²) in [6, 6.07) is 6.62. The van der Waals surface area contributed by atoms with Crippen molar-refractivity contribution in [1.29, 1.82) is 0 Å². The molecule has 2 rings (SSSR count). The molecule has 1 aromatic carbocycles. The zero-order valence-electron chi connectivity index (χ0n) is 15.4. The van der Waals surface area contributed by atoms with E-state index < -0.39 is 28.3 Å². The van der Waals surface area contributed by atoms with Gasteiger partial charge in [-0.1, -0.05) is 44.4 Å². The molecule has 0 bridgehead atoms. The lowest BCUT2D eigenvalue weighted by atomic mass is 9.89. The number of unbranched alkanes of at least 4 members (excludes halogenated alkanes) is 2. The van der Waals surface area contributed by atoms with Gasteiger partial charge in [0.15, 0.2) is 0 Å². The van der Waals surface area contributed by atoms with Gasteiger partial charge in [0.05, 0.1) is 12.2 Å². The van der Waals surface area contributed by atoms with Crippen LogP contribution in [0.5, 0.6) is 0 Å². The lowest BCUT2D eigenvalue weighted by molar-refractivity contribution is -0.133. The number of aliphatic hydroxyl groups is 1. The average Bonchev–Trinajstić information content (AvgIpc) is 2.61. The number of nitrogens with one attached hydrogen (secondary N) is 1. The topological polar surface area (TPSA) is 58.6 Å². The van der Waals surface area contributed by atoms with Crippen molar-refractivity contribution in [2.24, 2.45) is 0 Å². The van der Waals surface area contributed by atoms with Gasteiger partial charge in [-0.3, -0.25) is 4.79 Å². The third kappa shape index (κ3) is 5.65. The lowest BCUT2D eigenvalue weighted by Gasteiger charge is -2.27. The van der Waals surface area contributed by atoms with Crippen LogP contribution >= 0.6 is 11.8 Å². The normalized spacial score (nSPS) is 17.3. The molecular formula is C19H24F3NO3S. The molecule has 1 unspecified atom stereocenters. The Bertz CT molecular complexity index is 702. The molecule has 1 aromatic rings. The number of amides is 1. The van der Waals surface area contributed by atoms with Crippen molar-refractivity contribution >= 4 is 23.4 Å². The van der Waals surface area contributed by atoms with Crippen molar-refractivity contribution in [2.45, 2.75) is 51.3 Å². The van der Waals surface area contributed by atoms with Crippen LogP contribution in [0.1, 0.15) is 45.1 Å². The van der Waals surface area contributed by atoms with Crippen LogP contribution in [0, 0.1) is 0 Å². The summed E-state index contributed by atoms with van der Waals surface area (Å²) in [5.74, 6) is -1.88. The molecule has 0 spiro atoms. The van der Waals surface area contributed by atoms with Gasteiger partial charge in [0, 0.05) is 17.0 Å². The fourth-order valence-electron chi connectivity index (χ4n) is 2.89. The average molecular weight is 403 g/mol. The van der Waals surface area contributed by atoms with Gasteiger partial charge in [-0.15, -0.1) is 11.8 Å². The fourth-order valence-corrected chi connectivity index (χ4v) is 3.75. The molecule has 1 aliphatic heterocycles. The Morgan fingerprint density at radius 3 is 2.67 bits per heavy atom. The molecule has 0 fully saturated rings. The predicted octanol–water partition coefficient (Wildman–Crippen LogP) is 4.95. The van der Waals surface area contributed by atoms with E-state index in [0.717, 1.165) is 31.0 Å². The summed E-state index contributed by atoms with van der Waals surface area (Å²) in [6.07, 6.45) is -1.48. The number of hydrogen-bond donors (Lipinski definition) is 2. The molecule has 0 aromatic heterocycles. The maximum absolute atomic E-state index is 13.1. The SMILES string of the molecule is CCCCCC(C)(O)c1ccccc1NC(=O)C1=C(C(F)(F)F)OCCS1. The molecule has 1 aliphatic rings. The lowest BCUT2D eigenvalue weighted by Crippen LogP contribution is -2.28. The number of benzene rings is 1. The molecule has 150 valence electrons. The van der Waals surface area contributed by atoms with Gasteiger partial charge < -0.3 is 15.2 Å². The number of hydrogen-bond acceptors (Lipinski definition) is 4. The molecule has 2 N–H and O–H groups in total. The molecule has 0 aliphatic carbocycles. The third-order valence-electron chi connectivity index (χ3n) is 4.27. The van der Waals surface area contributed by atoms with Crippen molar-refractivity contribution in [3.8, 4) is 0 Å². The summed E-state index contributed by atoms with van der Waals surface area (Å²) >= 11 is 0.816. The monoisotopic (exact) mass is 403 g/mol. The molecule has 1 atom stereocenters. The number of para-hydroxylation sites is 1. The minimum Gasteiger partial charge on any atom is -0.487 e. The van der Waals surface area contributed by atoms with E-state index in [9.17, 15) is 23.1 Å². The van der Waals surface area contributed by atoms with E-state index in [-0.39, 0.29) is 12.4 Å². The van der Waals surface area contributed by atoms with Crippen molar-refractivity contribution in [2.75, 3.05) is 17.7 Å². The molecule has 1 heterocycles. The Balaban J connectivity index is 2.27. The highest BCUT2D eigenvalue weighted by molar-refractivity contribution is 8.04. The van der Waals surface area contributed by atoms with E-state index >= 15 is 0 Å². The molecule has 0 radical (unpaired) electrons. The highest BCUT2D eigenvalue weighted by atomic mass is 32.2. The summed E-state index contributed by atoms with van der Waals surface area (Å²) in [4.78, 5) is 12.0. The molecule has 8 heteroatoms. The first kappa shape index (κ1) is 21.6. The van der Waals surface area contributed by atoms with Crippen LogP contribution in [-0.2, 0) is 15.1 Å². The molecular weight excluding hydrogens is 379 g/mol. The second-order valence-corrected chi connectivity index (χ2v) is 7.69. The van der Waals surface area contributed by atoms with Crippen LogP contribution < -0.4 is 5.32 Å². The van der Waals surface area contributed by atoms with Crippen LogP contribution in [-0.4, -0.2) is 29.5 Å². The number of carbonyl (C=O) groups excluding carboxylic acids is 1. The molecule has 0 saturated heterocycles. The van der Waals surface area contributed by atoms with Crippen LogP contribution in [0.2, 0.25) is 0 Å². The number of allylic oxidation sites excluding steroid dienone is 1. The Morgan fingerprint density at radius 1 is 1.30 bits per heavy atom. The number of anilines is 1. The minimum atomic E-state index is -4.73. The van der Waals surface area contributed by atoms with Crippen LogP contribution in [0.4, 0.5) is 18.9 Å². The maximum Gasteiger partial charge on any atom is 0.450 e. The Hall–Kier alpha value is -1.67. The largest absolute Gasteiger partial charge is 0.487 e. The summed E-state index contributed by atoms with van der Waals surface area (Å²) in [6.45, 7) is 3.60. The summed E-state index contributed by atoms with van der Waals surface area (Å²) in [7, 11) is 0. The Kier molecular flexibility index (Phi) is 7.22. The van der Waals surface area contributed by atoms with Gasteiger partial charge in [-0.25, -0.2) is 0 Å². The molecule has 0 saturated carbocycles. The standard InChI is InChI=1S/C19H24F3NO3S/c1-3-4-7-10-18(2,25)13-8-5-6-9-14(13)23-17(24)15-16(19(20,21)22)26-11-12-27-15/h5-6,8-9,25H,3-4,7,10-12H2,1-2H3,(H,23,24). The van der Waals surface area contributed by atoms with Crippen molar-refractivity contribution < 1.29 is 27.8 Å². The Labute approximate surface area is 161 Å². The predicted molar refractivity (Wildman–Crippen MR) is 100 cm³/mol. The first-order valence-electron chi connectivity index (χ1n) is 8.87. The second-order valence-electron chi connectivity index (χ2n) is 6.58. The smallest absolute Gasteiger partial charge is 0.450 e. The van der Waals surface area contributed by atoms with Gasteiger partial charge in [0.1, 0.15) is 4.91 Å². The van der Waals surface area contributed by atoms with E-state index in [4.69, 9.17) is 4.74 Å². The Morgan fingerprint density at radius 2 is 2.00 bits per heavy atom. The number of alkyl halides is 3. The number of carbonyl (C=O) groups is 1. The van der Waals surface area contributed by atoms with Crippen LogP contribution in [0.25, 0.3) is 0 Å². The molecule has 4 nitrogen and oxygen atoms in total. The van der Waals surface area contributed by atoms with Gasteiger partial charge in [-0.2, -0.15) is 13.2 Å². The summed E-state index contributed by atoms with van der Waals surface area (Å²) < 4.78 is 44.0. The van der Waals surface area contributed by atoms with E-state index in [0.29, 0.717) is 17.7 Å². The van der Waals surface area contributed by atoms with Crippen molar-refractivity contribution in [3.63, 3.8) is 0 Å². The van der Waals surface area contributed by atoms with Crippen LogP contribution in [0.15, 0.2) is 34.9 Å². The minimum absolute atomic E-state index is 0.0982. The second kappa shape index (κ2) is 9.01. The highest BCUT2D eigenvalue weighted by Gasteiger charge is 2.42. The van der Waals surface area contributed by atoms with Gasteiger partial charge in [0.25, 0.3) is 5.91 Å². The zero-order valence-corrected chi connectivity index (χ0v) is 16.2. The maximum atomic E-state index is 13.1. The van der Waals surface area contributed by atoms with Gasteiger partial charge in [-0.05, 0) is 19.4 Å². The van der Waals surface area contributed by atoms with E-state index in [1.807, 2.05) is 0 Å². The summed E-state index contributed by atoms with van der Waals surface area (Å²) in [5, 5.41) is 13.3. The van der Waals surface area contributed by atoms with Crippen molar-refractivity contribution in [3.05, 3.63) is 40.5 Å². The summed E-state index contributed by atoms with van der Waals surface area (Å²) in [5.41, 5.74) is -0.425. The van der Waals surface area contributed by atoms with E-state index in [2.05, 4.69) is 12.2 Å². The van der Waals surface area contributed by atoms with Gasteiger partial charge >= 0.3 is 6.18 Å². The fraction of sp³-hybridized carbons (Fsp3) is 0.526. The zero-order chi connectivity index (χ0) is 20.1. The highest BCUT2D eigenvalue weighted by Crippen LogP contribution is 2.38. The van der Waals surface area contributed by atoms with E-state index in [1.54, 1.807) is 31.2 Å². The third-order valence-corrected chi connectivity index (χ3v) is 5.30.